The Balaban J connectivity index is 1.87. The van der Waals surface area contributed by atoms with Crippen LogP contribution in [0.25, 0.3) is 10.8 Å². The molecule has 0 unspecified atom stereocenters. The van der Waals surface area contributed by atoms with E-state index in [1.165, 1.54) is 5.56 Å². The van der Waals surface area contributed by atoms with Crippen molar-refractivity contribution in [2.24, 2.45) is 0 Å². The van der Waals surface area contributed by atoms with Gasteiger partial charge in [0.05, 0.1) is 0 Å². The van der Waals surface area contributed by atoms with Crippen molar-refractivity contribution in [1.29, 1.82) is 0 Å². The molecule has 3 aromatic rings. The van der Waals surface area contributed by atoms with Crippen LogP contribution in [0.5, 0.6) is 0 Å². The summed E-state index contributed by atoms with van der Waals surface area (Å²) in [5.41, 5.74) is 3.04. The standard InChI is InChI=1S/C20H18BrNO/c1-2-5-14-8-10-15(11-9-14)12-19(23)18-13-22-20(21)17-7-4-3-6-16(17)18/h3-4,6-11,13H,2,5,12H2,1H3. The molecule has 2 nitrogen and oxygen atoms in total. The predicted molar refractivity (Wildman–Crippen MR) is 97.9 cm³/mol. The van der Waals surface area contributed by atoms with E-state index in [0.717, 1.165) is 33.8 Å². The minimum Gasteiger partial charge on any atom is -0.294 e. The van der Waals surface area contributed by atoms with E-state index < -0.39 is 0 Å². The first-order chi connectivity index (χ1) is 11.2. The van der Waals surface area contributed by atoms with Crippen LogP contribution in [0.3, 0.4) is 0 Å². The van der Waals surface area contributed by atoms with Gasteiger partial charge >= 0.3 is 0 Å². The number of ketones is 1. The van der Waals surface area contributed by atoms with Crippen LogP contribution >= 0.6 is 15.9 Å². The summed E-state index contributed by atoms with van der Waals surface area (Å²) in [6.45, 7) is 2.17. The average molecular weight is 368 g/mol. The summed E-state index contributed by atoms with van der Waals surface area (Å²) >= 11 is 3.45. The summed E-state index contributed by atoms with van der Waals surface area (Å²) in [6.07, 6.45) is 4.28. The second kappa shape index (κ2) is 7.05. The molecule has 0 amide bonds. The summed E-state index contributed by atoms with van der Waals surface area (Å²) < 4.78 is 0.772. The van der Waals surface area contributed by atoms with E-state index in [-0.39, 0.29) is 5.78 Å². The molecule has 23 heavy (non-hydrogen) atoms. The van der Waals surface area contributed by atoms with Gasteiger partial charge in [0.25, 0.3) is 0 Å². The number of carbonyl (C=O) groups is 1. The van der Waals surface area contributed by atoms with Gasteiger partial charge in [-0.05, 0) is 38.9 Å². The monoisotopic (exact) mass is 367 g/mol. The van der Waals surface area contributed by atoms with Crippen molar-refractivity contribution in [1.82, 2.24) is 4.98 Å². The van der Waals surface area contributed by atoms with Crippen LogP contribution in [-0.4, -0.2) is 10.8 Å². The third-order valence-electron chi connectivity index (χ3n) is 3.97. The fourth-order valence-corrected chi connectivity index (χ4v) is 3.22. The Morgan fingerprint density at radius 3 is 2.35 bits per heavy atom. The summed E-state index contributed by atoms with van der Waals surface area (Å²) in [4.78, 5) is 17.0. The fourth-order valence-electron chi connectivity index (χ4n) is 2.77. The van der Waals surface area contributed by atoms with E-state index >= 15 is 0 Å². The van der Waals surface area contributed by atoms with Gasteiger partial charge in [0.1, 0.15) is 4.60 Å². The quantitative estimate of drug-likeness (QED) is 0.447. The Hall–Kier alpha value is -2.00. The molecule has 0 bridgehead atoms. The number of rotatable bonds is 5. The highest BCUT2D eigenvalue weighted by atomic mass is 79.9. The van der Waals surface area contributed by atoms with Crippen LogP contribution in [0.15, 0.2) is 59.3 Å². The number of hydrogen-bond donors (Lipinski definition) is 0. The molecule has 3 rings (SSSR count). The van der Waals surface area contributed by atoms with Crippen molar-refractivity contribution in [2.45, 2.75) is 26.2 Å². The molecule has 1 aromatic heterocycles. The van der Waals surface area contributed by atoms with Crippen molar-refractivity contribution in [3.05, 3.63) is 76.0 Å². The number of carbonyl (C=O) groups excluding carboxylic acids is 1. The maximum atomic E-state index is 12.7. The number of fused-ring (bicyclic) bond motifs is 1. The van der Waals surface area contributed by atoms with Gasteiger partial charge in [-0.25, -0.2) is 4.98 Å². The number of nitrogens with zero attached hydrogens (tertiary/aromatic N) is 1. The number of pyridine rings is 1. The minimum atomic E-state index is 0.101. The molecule has 0 atom stereocenters. The molecular formula is C20H18BrNO. The molecule has 1 heterocycles. The van der Waals surface area contributed by atoms with E-state index in [4.69, 9.17) is 0 Å². The highest BCUT2D eigenvalue weighted by molar-refractivity contribution is 9.10. The number of aryl methyl sites for hydroxylation is 1. The zero-order valence-corrected chi connectivity index (χ0v) is 14.6. The summed E-state index contributed by atoms with van der Waals surface area (Å²) in [7, 11) is 0. The van der Waals surface area contributed by atoms with Crippen LogP contribution in [-0.2, 0) is 12.8 Å². The molecule has 3 heteroatoms. The highest BCUT2D eigenvalue weighted by Crippen LogP contribution is 2.25. The molecule has 116 valence electrons. The topological polar surface area (TPSA) is 30.0 Å². The van der Waals surface area contributed by atoms with Gasteiger partial charge in [-0.15, -0.1) is 0 Å². The summed E-state index contributed by atoms with van der Waals surface area (Å²) in [5, 5.41) is 1.92. The average Bonchev–Trinajstić information content (AvgIpc) is 2.57. The maximum absolute atomic E-state index is 12.7. The lowest BCUT2D eigenvalue weighted by molar-refractivity contribution is 0.0994. The lowest BCUT2D eigenvalue weighted by Gasteiger charge is -2.07. The van der Waals surface area contributed by atoms with Crippen molar-refractivity contribution in [3.8, 4) is 0 Å². The first-order valence-electron chi connectivity index (χ1n) is 7.83. The van der Waals surface area contributed by atoms with Gasteiger partial charge < -0.3 is 0 Å². The Labute approximate surface area is 144 Å². The summed E-state index contributed by atoms with van der Waals surface area (Å²) in [5.74, 6) is 0.101. The van der Waals surface area contributed by atoms with Crippen molar-refractivity contribution >= 4 is 32.5 Å². The van der Waals surface area contributed by atoms with Crippen LogP contribution in [0, 0.1) is 0 Å². The SMILES string of the molecule is CCCc1ccc(CC(=O)c2cnc(Br)c3ccccc23)cc1. The molecule has 0 fully saturated rings. The van der Waals surface area contributed by atoms with Gasteiger partial charge in [0.2, 0.25) is 0 Å². The van der Waals surface area contributed by atoms with Crippen LogP contribution < -0.4 is 0 Å². The number of hydrogen-bond acceptors (Lipinski definition) is 2. The first kappa shape index (κ1) is 15.9. The van der Waals surface area contributed by atoms with Crippen LogP contribution in [0.1, 0.15) is 34.8 Å². The summed E-state index contributed by atoms with van der Waals surface area (Å²) in [6, 6.07) is 16.2. The fraction of sp³-hybridized carbons (Fsp3) is 0.200. The lowest BCUT2D eigenvalue weighted by atomic mass is 9.98. The molecule has 0 saturated carbocycles. The molecule has 0 aliphatic carbocycles. The van der Waals surface area contributed by atoms with Gasteiger partial charge in [-0.2, -0.15) is 0 Å². The predicted octanol–water partition coefficient (Wildman–Crippen LogP) is 5.38. The molecular weight excluding hydrogens is 350 g/mol. The van der Waals surface area contributed by atoms with Gasteiger partial charge in [-0.1, -0.05) is 61.9 Å². The molecule has 0 aliphatic heterocycles. The maximum Gasteiger partial charge on any atom is 0.169 e. The number of halogens is 1. The van der Waals surface area contributed by atoms with E-state index in [1.54, 1.807) is 6.20 Å². The van der Waals surface area contributed by atoms with Crippen LogP contribution in [0.2, 0.25) is 0 Å². The largest absolute Gasteiger partial charge is 0.294 e. The van der Waals surface area contributed by atoms with Gasteiger partial charge in [0, 0.05) is 23.6 Å². The first-order valence-corrected chi connectivity index (χ1v) is 8.62. The van der Waals surface area contributed by atoms with Gasteiger partial charge in [0.15, 0.2) is 5.78 Å². The van der Waals surface area contributed by atoms with E-state index in [9.17, 15) is 4.79 Å². The van der Waals surface area contributed by atoms with Crippen LogP contribution in [0.4, 0.5) is 0 Å². The highest BCUT2D eigenvalue weighted by Gasteiger charge is 2.13. The zero-order chi connectivity index (χ0) is 16.2. The molecule has 0 saturated heterocycles. The number of aromatic nitrogens is 1. The molecule has 0 radical (unpaired) electrons. The Morgan fingerprint density at radius 1 is 1.00 bits per heavy atom. The Morgan fingerprint density at radius 2 is 1.65 bits per heavy atom. The lowest BCUT2D eigenvalue weighted by Crippen LogP contribution is -2.05. The van der Waals surface area contributed by atoms with E-state index in [0.29, 0.717) is 12.0 Å². The number of Topliss-reactive ketones (excluding diaryl/α,β-unsaturated/α-hetero) is 1. The van der Waals surface area contributed by atoms with Crippen molar-refractivity contribution in [3.63, 3.8) is 0 Å². The van der Waals surface area contributed by atoms with Crippen molar-refractivity contribution in [2.75, 3.05) is 0 Å². The second-order valence-electron chi connectivity index (χ2n) is 5.67. The molecule has 0 N–H and O–H groups in total. The third kappa shape index (κ3) is 3.50. The van der Waals surface area contributed by atoms with Crippen molar-refractivity contribution < 1.29 is 4.79 Å². The molecule has 0 aliphatic rings. The molecule has 2 aromatic carbocycles. The number of benzene rings is 2. The normalized spacial score (nSPS) is 10.9. The zero-order valence-electron chi connectivity index (χ0n) is 13.1. The minimum absolute atomic E-state index is 0.101. The smallest absolute Gasteiger partial charge is 0.169 e. The third-order valence-corrected chi connectivity index (χ3v) is 4.61. The van der Waals surface area contributed by atoms with Gasteiger partial charge in [-0.3, -0.25) is 4.79 Å². The second-order valence-corrected chi connectivity index (χ2v) is 6.43. The Bertz CT molecular complexity index is 840. The van der Waals surface area contributed by atoms with E-state index in [2.05, 4.69) is 52.1 Å². The van der Waals surface area contributed by atoms with E-state index in [1.807, 2.05) is 24.3 Å². The Kier molecular flexibility index (Phi) is 4.87. The molecule has 0 spiro atoms.